The molecule has 7 nitrogen and oxygen atoms in total. The van der Waals surface area contributed by atoms with Crippen molar-refractivity contribution in [3.8, 4) is 11.4 Å². The molecule has 0 spiro atoms. The summed E-state index contributed by atoms with van der Waals surface area (Å²) in [6.45, 7) is 3.74. The van der Waals surface area contributed by atoms with Crippen molar-refractivity contribution >= 4 is 11.3 Å². The van der Waals surface area contributed by atoms with E-state index in [1.807, 2.05) is 30.3 Å². The number of hydrogen-bond acceptors (Lipinski definition) is 6. The molecule has 0 bridgehead atoms. The monoisotopic (exact) mass is 323 g/mol. The number of rotatable bonds is 5. The number of para-hydroxylation sites is 1. The van der Waals surface area contributed by atoms with E-state index in [-0.39, 0.29) is 22.7 Å². The first-order chi connectivity index (χ1) is 11.6. The van der Waals surface area contributed by atoms with E-state index in [4.69, 9.17) is 4.52 Å². The van der Waals surface area contributed by atoms with Crippen LogP contribution in [0.15, 0.2) is 65.7 Å². The van der Waals surface area contributed by atoms with Crippen molar-refractivity contribution in [2.75, 3.05) is 0 Å². The molecule has 1 N–H and O–H groups in total. The molecular weight excluding hydrogens is 310 g/mol. The second-order valence-electron chi connectivity index (χ2n) is 5.03. The summed E-state index contributed by atoms with van der Waals surface area (Å²) in [5.41, 5.74) is 0.764. The quantitative estimate of drug-likeness (QED) is 0.570. The minimum atomic E-state index is -1.32. The molecule has 0 aliphatic carbocycles. The lowest BCUT2D eigenvalue weighted by atomic mass is 10.0. The third-order valence-corrected chi connectivity index (χ3v) is 3.49. The Morgan fingerprint density at radius 1 is 1.17 bits per heavy atom. The number of aromatic nitrogens is 2. The summed E-state index contributed by atoms with van der Waals surface area (Å²) in [6.07, 6.45) is -1.32. The van der Waals surface area contributed by atoms with Crippen LogP contribution in [0.5, 0.6) is 0 Å². The van der Waals surface area contributed by atoms with Crippen molar-refractivity contribution in [1.82, 2.24) is 10.1 Å². The van der Waals surface area contributed by atoms with Gasteiger partial charge < -0.3 is 9.63 Å². The highest BCUT2D eigenvalue weighted by Crippen LogP contribution is 2.33. The predicted octanol–water partition coefficient (Wildman–Crippen LogP) is 3.39. The highest BCUT2D eigenvalue weighted by Gasteiger charge is 2.25. The second-order valence-corrected chi connectivity index (χ2v) is 5.03. The summed E-state index contributed by atoms with van der Waals surface area (Å²) in [5.74, 6) is 0.376. The van der Waals surface area contributed by atoms with Crippen molar-refractivity contribution in [3.05, 3.63) is 82.7 Å². The molecule has 3 rings (SSSR count). The molecule has 24 heavy (non-hydrogen) atoms. The van der Waals surface area contributed by atoms with Crippen LogP contribution in [0.25, 0.3) is 17.0 Å². The van der Waals surface area contributed by atoms with E-state index in [1.54, 1.807) is 6.07 Å². The lowest BCUT2D eigenvalue weighted by Crippen LogP contribution is -2.04. The molecular formula is C17H13N3O4. The summed E-state index contributed by atoms with van der Waals surface area (Å²) in [4.78, 5) is 14.7. The van der Waals surface area contributed by atoms with Crippen LogP contribution in [0.3, 0.4) is 0 Å². The van der Waals surface area contributed by atoms with Crippen molar-refractivity contribution in [2.24, 2.45) is 0 Å². The topological polar surface area (TPSA) is 102 Å². The molecule has 1 atom stereocenters. The summed E-state index contributed by atoms with van der Waals surface area (Å²) < 4.78 is 5.13. The number of hydrogen-bond donors (Lipinski definition) is 1. The Balaban J connectivity index is 1.90. The first kappa shape index (κ1) is 15.6. The van der Waals surface area contributed by atoms with Crippen molar-refractivity contribution < 1.29 is 14.6 Å². The van der Waals surface area contributed by atoms with Crippen LogP contribution in [0, 0.1) is 10.1 Å². The highest BCUT2D eigenvalue weighted by atomic mass is 16.6. The third-order valence-electron chi connectivity index (χ3n) is 3.49. The number of nitro benzene ring substituents is 1. The molecule has 0 aliphatic heterocycles. The fourth-order valence-electron chi connectivity index (χ4n) is 2.25. The van der Waals surface area contributed by atoms with E-state index in [2.05, 4.69) is 16.7 Å². The molecule has 3 aromatic rings. The maximum atomic E-state index is 11.1. The van der Waals surface area contributed by atoms with Gasteiger partial charge in [-0.2, -0.15) is 4.98 Å². The zero-order valence-corrected chi connectivity index (χ0v) is 12.5. The van der Waals surface area contributed by atoms with Gasteiger partial charge in [-0.25, -0.2) is 0 Å². The first-order valence-electron chi connectivity index (χ1n) is 7.07. The zero-order valence-electron chi connectivity index (χ0n) is 12.5. The number of benzene rings is 2. The molecule has 7 heteroatoms. The fraction of sp³-hybridized carbons (Fsp3) is 0.0588. The Morgan fingerprint density at radius 2 is 1.83 bits per heavy atom. The number of nitrogens with zero attached hydrogens (tertiary/aromatic N) is 3. The molecule has 0 aliphatic rings. The minimum Gasteiger partial charge on any atom is -0.383 e. The van der Waals surface area contributed by atoms with Crippen LogP contribution in [0.2, 0.25) is 0 Å². The van der Waals surface area contributed by atoms with E-state index in [9.17, 15) is 15.2 Å². The van der Waals surface area contributed by atoms with Gasteiger partial charge in [-0.3, -0.25) is 10.1 Å². The van der Waals surface area contributed by atoms with Gasteiger partial charge in [-0.05, 0) is 6.07 Å². The van der Waals surface area contributed by atoms with Crippen molar-refractivity contribution in [3.63, 3.8) is 0 Å². The molecule has 0 radical (unpaired) electrons. The van der Waals surface area contributed by atoms with Gasteiger partial charge in [0.1, 0.15) is 6.10 Å². The van der Waals surface area contributed by atoms with Gasteiger partial charge in [0.15, 0.2) is 0 Å². The second kappa shape index (κ2) is 6.43. The van der Waals surface area contributed by atoms with Gasteiger partial charge >= 0.3 is 0 Å². The van der Waals surface area contributed by atoms with E-state index in [0.29, 0.717) is 5.82 Å². The molecule has 2 aromatic carbocycles. The maximum absolute atomic E-state index is 11.1. The van der Waals surface area contributed by atoms with Gasteiger partial charge in [0, 0.05) is 17.2 Å². The molecule has 1 aromatic heterocycles. The van der Waals surface area contributed by atoms with E-state index < -0.39 is 11.0 Å². The van der Waals surface area contributed by atoms with E-state index >= 15 is 0 Å². The van der Waals surface area contributed by atoms with Crippen LogP contribution >= 0.6 is 0 Å². The molecule has 1 heterocycles. The Morgan fingerprint density at radius 3 is 2.54 bits per heavy atom. The highest BCUT2D eigenvalue weighted by molar-refractivity contribution is 5.66. The standard InChI is InChI=1S/C17H13N3O4/c1-11(15(21)13-9-5-6-10-14(13)20(22)23)17-18-16(19-24-17)12-7-3-2-4-8-12/h2-10,15,21H,1H2. The molecule has 0 amide bonds. The summed E-state index contributed by atoms with van der Waals surface area (Å²) in [7, 11) is 0. The van der Waals surface area contributed by atoms with Crippen LogP contribution in [0.4, 0.5) is 5.69 Å². The van der Waals surface area contributed by atoms with Crippen LogP contribution in [-0.2, 0) is 0 Å². The summed E-state index contributed by atoms with van der Waals surface area (Å²) >= 11 is 0. The van der Waals surface area contributed by atoms with E-state index in [1.165, 1.54) is 18.2 Å². The Labute approximate surface area is 137 Å². The molecule has 0 fully saturated rings. The van der Waals surface area contributed by atoms with Crippen LogP contribution in [0.1, 0.15) is 17.6 Å². The molecule has 0 saturated carbocycles. The zero-order chi connectivity index (χ0) is 17.1. The minimum absolute atomic E-state index is 0.0273. The number of nitro groups is 1. The molecule has 120 valence electrons. The van der Waals surface area contributed by atoms with Gasteiger partial charge in [0.05, 0.1) is 10.5 Å². The lowest BCUT2D eigenvalue weighted by molar-refractivity contribution is -0.386. The fourth-order valence-corrected chi connectivity index (χ4v) is 2.25. The Hall–Kier alpha value is -3.32. The summed E-state index contributed by atoms with van der Waals surface area (Å²) in [5, 5.41) is 25.4. The predicted molar refractivity (Wildman–Crippen MR) is 86.8 cm³/mol. The maximum Gasteiger partial charge on any atom is 0.275 e. The summed E-state index contributed by atoms with van der Waals surface area (Å²) in [6, 6.07) is 15.1. The Bertz CT molecular complexity index is 890. The number of aliphatic hydroxyl groups is 1. The van der Waals surface area contributed by atoms with Crippen molar-refractivity contribution in [2.45, 2.75) is 6.10 Å². The average molecular weight is 323 g/mol. The largest absolute Gasteiger partial charge is 0.383 e. The SMILES string of the molecule is C=C(c1nc(-c2ccccc2)no1)C(O)c1ccccc1[N+](=O)[O-]. The van der Waals surface area contributed by atoms with Crippen molar-refractivity contribution in [1.29, 1.82) is 0 Å². The van der Waals surface area contributed by atoms with Gasteiger partial charge in [0.25, 0.3) is 11.6 Å². The first-order valence-corrected chi connectivity index (χ1v) is 7.07. The van der Waals surface area contributed by atoms with E-state index in [0.717, 1.165) is 5.56 Å². The molecule has 0 saturated heterocycles. The van der Waals surface area contributed by atoms with Gasteiger partial charge in [0.2, 0.25) is 5.82 Å². The van der Waals surface area contributed by atoms with Gasteiger partial charge in [-0.1, -0.05) is 54.2 Å². The molecule has 1 unspecified atom stereocenters. The lowest BCUT2D eigenvalue weighted by Gasteiger charge is -2.11. The number of aliphatic hydroxyl groups excluding tert-OH is 1. The van der Waals surface area contributed by atoms with Crippen LogP contribution < -0.4 is 0 Å². The normalized spacial score (nSPS) is 11.9. The van der Waals surface area contributed by atoms with Crippen LogP contribution in [-0.4, -0.2) is 20.2 Å². The average Bonchev–Trinajstić information content (AvgIpc) is 3.11. The van der Waals surface area contributed by atoms with Gasteiger partial charge in [-0.15, -0.1) is 0 Å². The smallest absolute Gasteiger partial charge is 0.275 e. The Kier molecular flexibility index (Phi) is 4.17. The third kappa shape index (κ3) is 2.92.